The monoisotopic (exact) mass is 410 g/mol. The van der Waals surface area contributed by atoms with Crippen molar-refractivity contribution in [2.45, 2.75) is 25.6 Å². The zero-order valence-electron chi connectivity index (χ0n) is 15.0. The third-order valence-corrected chi connectivity index (χ3v) is 5.16. The summed E-state index contributed by atoms with van der Waals surface area (Å²) in [6.45, 7) is 2.06. The molecule has 1 aliphatic heterocycles. The van der Waals surface area contributed by atoms with E-state index in [0.29, 0.717) is 0 Å². The highest BCUT2D eigenvalue weighted by molar-refractivity contribution is 6.33. The summed E-state index contributed by atoms with van der Waals surface area (Å²) in [5.74, 6) is -1.37. The first kappa shape index (κ1) is 20.2. The van der Waals surface area contributed by atoms with Gasteiger partial charge in [0.05, 0.1) is 28.2 Å². The molecule has 0 aromatic heterocycles. The maximum atomic E-state index is 12.9. The first-order valence-corrected chi connectivity index (χ1v) is 9.06. The Balaban J connectivity index is 1.72. The van der Waals surface area contributed by atoms with Crippen molar-refractivity contribution in [1.29, 1.82) is 0 Å². The lowest BCUT2D eigenvalue weighted by molar-refractivity contribution is -0.137. The molecule has 0 bridgehead atoms. The number of anilines is 1. The highest BCUT2D eigenvalue weighted by Gasteiger charge is 2.37. The van der Waals surface area contributed by atoms with Gasteiger partial charge in [0.1, 0.15) is 0 Å². The molecule has 2 aromatic carbocycles. The molecule has 4 nitrogen and oxygen atoms in total. The first-order chi connectivity index (χ1) is 13.2. The number of alkyl halides is 3. The van der Waals surface area contributed by atoms with Gasteiger partial charge in [-0.05, 0) is 30.7 Å². The van der Waals surface area contributed by atoms with E-state index in [1.54, 1.807) is 4.90 Å². The van der Waals surface area contributed by atoms with Gasteiger partial charge in [-0.3, -0.25) is 9.59 Å². The van der Waals surface area contributed by atoms with E-state index in [1.165, 1.54) is 0 Å². The van der Waals surface area contributed by atoms with E-state index in [-0.39, 0.29) is 35.6 Å². The number of rotatable bonds is 4. The molecule has 2 atom stereocenters. The van der Waals surface area contributed by atoms with Crippen LogP contribution in [0.2, 0.25) is 5.02 Å². The van der Waals surface area contributed by atoms with Gasteiger partial charge in [0.2, 0.25) is 11.8 Å². The summed E-state index contributed by atoms with van der Waals surface area (Å²) < 4.78 is 38.7. The van der Waals surface area contributed by atoms with Crippen LogP contribution in [0.1, 0.15) is 30.5 Å². The highest BCUT2D eigenvalue weighted by Crippen LogP contribution is 2.35. The molecular weight excluding hydrogens is 393 g/mol. The second-order valence-electron chi connectivity index (χ2n) is 6.72. The normalized spacial score (nSPS) is 18.2. The molecule has 3 rings (SSSR count). The van der Waals surface area contributed by atoms with Gasteiger partial charge >= 0.3 is 6.18 Å². The highest BCUT2D eigenvalue weighted by atomic mass is 35.5. The largest absolute Gasteiger partial charge is 0.416 e. The van der Waals surface area contributed by atoms with Crippen molar-refractivity contribution in [3.8, 4) is 0 Å². The topological polar surface area (TPSA) is 49.4 Å². The molecule has 148 valence electrons. The fourth-order valence-corrected chi connectivity index (χ4v) is 3.39. The van der Waals surface area contributed by atoms with Crippen LogP contribution in [0.3, 0.4) is 0 Å². The second kappa shape index (κ2) is 7.83. The molecule has 2 aromatic rings. The lowest BCUT2D eigenvalue weighted by atomic mass is 10.1. The summed E-state index contributed by atoms with van der Waals surface area (Å²) in [6, 6.07) is 11.9. The van der Waals surface area contributed by atoms with Crippen molar-refractivity contribution in [2.75, 3.05) is 11.9 Å². The maximum Gasteiger partial charge on any atom is 0.416 e. The first-order valence-electron chi connectivity index (χ1n) is 8.69. The van der Waals surface area contributed by atoms with E-state index in [2.05, 4.69) is 5.32 Å². The summed E-state index contributed by atoms with van der Waals surface area (Å²) in [5, 5.41) is 2.43. The molecule has 1 fully saturated rings. The average Bonchev–Trinajstić information content (AvgIpc) is 3.04. The standard InChI is InChI=1S/C20H18ClF3N2O2/c1-12(13-5-3-2-4-6-13)26-11-14(9-18(26)27)19(28)25-17-10-15(20(22,23)24)7-8-16(17)21/h2-8,10,12,14H,9,11H2,1H3,(H,25,28)/t12-,14+/m1/s1. The lowest BCUT2D eigenvalue weighted by Gasteiger charge is -2.25. The molecule has 28 heavy (non-hydrogen) atoms. The minimum absolute atomic E-state index is 0.000170. The fraction of sp³-hybridized carbons (Fsp3) is 0.300. The van der Waals surface area contributed by atoms with E-state index in [4.69, 9.17) is 11.6 Å². The molecule has 1 saturated heterocycles. The third-order valence-electron chi connectivity index (χ3n) is 4.83. The van der Waals surface area contributed by atoms with E-state index in [9.17, 15) is 22.8 Å². The van der Waals surface area contributed by atoms with Crippen LogP contribution < -0.4 is 5.32 Å². The smallest absolute Gasteiger partial charge is 0.335 e. The number of nitrogens with one attached hydrogen (secondary N) is 1. The predicted molar refractivity (Wildman–Crippen MR) is 99.8 cm³/mol. The SMILES string of the molecule is C[C@H](c1ccccc1)N1C[C@@H](C(=O)Nc2cc(C(F)(F)F)ccc2Cl)CC1=O. The number of hydrogen-bond acceptors (Lipinski definition) is 2. The Morgan fingerprint density at radius 2 is 1.89 bits per heavy atom. The Morgan fingerprint density at radius 3 is 2.54 bits per heavy atom. The number of likely N-dealkylation sites (tertiary alicyclic amines) is 1. The molecule has 2 amide bonds. The van der Waals surface area contributed by atoms with E-state index >= 15 is 0 Å². The molecule has 1 aliphatic rings. The number of halogens is 4. The number of nitrogens with zero attached hydrogens (tertiary/aromatic N) is 1. The van der Waals surface area contributed by atoms with Gasteiger partial charge in [-0.25, -0.2) is 0 Å². The van der Waals surface area contributed by atoms with Crippen LogP contribution in [0.5, 0.6) is 0 Å². The zero-order chi connectivity index (χ0) is 20.5. The number of carbonyl (C=O) groups excluding carboxylic acids is 2. The molecular formula is C20H18ClF3N2O2. The van der Waals surface area contributed by atoms with Crippen molar-refractivity contribution in [1.82, 2.24) is 4.90 Å². The molecule has 1 N–H and O–H groups in total. The summed E-state index contributed by atoms with van der Waals surface area (Å²) in [6.07, 6.45) is -4.55. The van der Waals surface area contributed by atoms with Crippen molar-refractivity contribution >= 4 is 29.1 Å². The van der Waals surface area contributed by atoms with Crippen LogP contribution >= 0.6 is 11.6 Å². The summed E-state index contributed by atoms with van der Waals surface area (Å²) in [4.78, 5) is 26.5. The molecule has 0 unspecified atom stereocenters. The van der Waals surface area contributed by atoms with Gasteiger partial charge in [-0.2, -0.15) is 13.2 Å². The van der Waals surface area contributed by atoms with Crippen LogP contribution in [0.25, 0.3) is 0 Å². The van der Waals surface area contributed by atoms with Crippen LogP contribution in [0, 0.1) is 5.92 Å². The molecule has 0 radical (unpaired) electrons. The van der Waals surface area contributed by atoms with E-state index < -0.39 is 23.6 Å². The van der Waals surface area contributed by atoms with Crippen LogP contribution in [0.15, 0.2) is 48.5 Å². The fourth-order valence-electron chi connectivity index (χ4n) is 3.23. The molecule has 0 spiro atoms. The third kappa shape index (κ3) is 4.30. The second-order valence-corrected chi connectivity index (χ2v) is 7.12. The number of carbonyl (C=O) groups is 2. The molecule has 0 aliphatic carbocycles. The number of amides is 2. The van der Waals surface area contributed by atoms with Crippen molar-refractivity contribution in [3.05, 3.63) is 64.7 Å². The Labute approximate surface area is 165 Å². The molecule has 1 heterocycles. The van der Waals surface area contributed by atoms with Crippen molar-refractivity contribution in [3.63, 3.8) is 0 Å². The van der Waals surface area contributed by atoms with Crippen LogP contribution in [-0.2, 0) is 15.8 Å². The quantitative estimate of drug-likeness (QED) is 0.778. The predicted octanol–water partition coefficient (Wildman–Crippen LogP) is 4.91. The summed E-state index contributed by atoms with van der Waals surface area (Å²) in [7, 11) is 0. The Kier molecular flexibility index (Phi) is 5.65. The Bertz CT molecular complexity index is 887. The van der Waals surface area contributed by atoms with Crippen LogP contribution in [0.4, 0.5) is 18.9 Å². The van der Waals surface area contributed by atoms with Crippen LogP contribution in [-0.4, -0.2) is 23.3 Å². The van der Waals surface area contributed by atoms with Crippen molar-refractivity contribution < 1.29 is 22.8 Å². The van der Waals surface area contributed by atoms with Crippen molar-refractivity contribution in [2.24, 2.45) is 5.92 Å². The zero-order valence-corrected chi connectivity index (χ0v) is 15.7. The Hall–Kier alpha value is -2.54. The van der Waals surface area contributed by atoms with Gasteiger partial charge < -0.3 is 10.2 Å². The minimum Gasteiger partial charge on any atom is -0.335 e. The number of benzene rings is 2. The van der Waals surface area contributed by atoms with Gasteiger partial charge in [-0.1, -0.05) is 41.9 Å². The lowest BCUT2D eigenvalue weighted by Crippen LogP contribution is -2.30. The maximum absolute atomic E-state index is 12.9. The average molecular weight is 411 g/mol. The minimum atomic E-state index is -4.55. The van der Waals surface area contributed by atoms with Gasteiger partial charge in [0.15, 0.2) is 0 Å². The van der Waals surface area contributed by atoms with Gasteiger partial charge in [0.25, 0.3) is 0 Å². The van der Waals surface area contributed by atoms with E-state index in [1.807, 2.05) is 37.3 Å². The molecule has 0 saturated carbocycles. The summed E-state index contributed by atoms with van der Waals surface area (Å²) >= 11 is 5.93. The number of hydrogen-bond donors (Lipinski definition) is 1. The van der Waals surface area contributed by atoms with Gasteiger partial charge in [-0.15, -0.1) is 0 Å². The Morgan fingerprint density at radius 1 is 1.21 bits per heavy atom. The van der Waals surface area contributed by atoms with E-state index in [0.717, 1.165) is 23.8 Å². The molecule has 8 heteroatoms. The summed E-state index contributed by atoms with van der Waals surface area (Å²) in [5.41, 5.74) is -0.0876. The van der Waals surface area contributed by atoms with Gasteiger partial charge in [0, 0.05) is 13.0 Å².